The van der Waals surface area contributed by atoms with Crippen LogP contribution in [0.15, 0.2) is 42.5 Å². The SMILES string of the molecule is Cc1cccc(NC(=O)c2nnc(CCC(=O)Nc3cc(F)ccc3C)s2)c1. The first-order chi connectivity index (χ1) is 13.4. The zero-order chi connectivity index (χ0) is 20.1. The Morgan fingerprint density at radius 1 is 1.07 bits per heavy atom. The lowest BCUT2D eigenvalue weighted by Gasteiger charge is -2.07. The van der Waals surface area contributed by atoms with Crippen molar-refractivity contribution in [3.8, 4) is 0 Å². The summed E-state index contributed by atoms with van der Waals surface area (Å²) in [5, 5.41) is 14.2. The van der Waals surface area contributed by atoms with Gasteiger partial charge in [-0.2, -0.15) is 0 Å². The minimum absolute atomic E-state index is 0.157. The molecule has 0 radical (unpaired) electrons. The van der Waals surface area contributed by atoms with E-state index in [4.69, 9.17) is 0 Å². The normalized spacial score (nSPS) is 10.5. The molecular weight excluding hydrogens is 379 g/mol. The molecule has 1 heterocycles. The van der Waals surface area contributed by atoms with Crippen molar-refractivity contribution in [2.45, 2.75) is 26.7 Å². The average molecular weight is 398 g/mol. The molecule has 0 bridgehead atoms. The number of nitrogens with one attached hydrogen (secondary N) is 2. The number of aryl methyl sites for hydroxylation is 3. The summed E-state index contributed by atoms with van der Waals surface area (Å²) >= 11 is 1.14. The average Bonchev–Trinajstić information content (AvgIpc) is 3.12. The van der Waals surface area contributed by atoms with Crippen LogP contribution in [0.4, 0.5) is 15.8 Å². The Balaban J connectivity index is 1.54. The number of anilines is 2. The molecule has 3 rings (SSSR count). The zero-order valence-electron chi connectivity index (χ0n) is 15.5. The van der Waals surface area contributed by atoms with Gasteiger partial charge in [0.25, 0.3) is 5.91 Å². The van der Waals surface area contributed by atoms with Crippen LogP contribution < -0.4 is 10.6 Å². The monoisotopic (exact) mass is 398 g/mol. The van der Waals surface area contributed by atoms with Gasteiger partial charge in [0, 0.05) is 24.2 Å². The molecule has 0 saturated carbocycles. The van der Waals surface area contributed by atoms with Crippen LogP contribution in [0.2, 0.25) is 0 Å². The van der Waals surface area contributed by atoms with E-state index in [1.807, 2.05) is 25.1 Å². The predicted molar refractivity (Wildman–Crippen MR) is 107 cm³/mol. The molecule has 0 aliphatic carbocycles. The van der Waals surface area contributed by atoms with Gasteiger partial charge in [-0.15, -0.1) is 10.2 Å². The summed E-state index contributed by atoms with van der Waals surface area (Å²) in [4.78, 5) is 24.4. The lowest BCUT2D eigenvalue weighted by molar-refractivity contribution is -0.116. The van der Waals surface area contributed by atoms with Gasteiger partial charge in [0.2, 0.25) is 10.9 Å². The molecule has 0 fully saturated rings. The fraction of sp³-hybridized carbons (Fsp3) is 0.200. The molecule has 3 aromatic rings. The molecule has 144 valence electrons. The number of nitrogens with zero attached hydrogens (tertiary/aromatic N) is 2. The van der Waals surface area contributed by atoms with Crippen molar-refractivity contribution in [2.75, 3.05) is 10.6 Å². The maximum atomic E-state index is 13.3. The van der Waals surface area contributed by atoms with Gasteiger partial charge in [-0.3, -0.25) is 9.59 Å². The van der Waals surface area contributed by atoms with Crippen LogP contribution >= 0.6 is 11.3 Å². The number of amides is 2. The van der Waals surface area contributed by atoms with E-state index in [0.717, 1.165) is 22.5 Å². The molecule has 2 amide bonds. The van der Waals surface area contributed by atoms with Crippen LogP contribution in [0.25, 0.3) is 0 Å². The van der Waals surface area contributed by atoms with Crippen molar-refractivity contribution in [2.24, 2.45) is 0 Å². The maximum absolute atomic E-state index is 13.3. The maximum Gasteiger partial charge on any atom is 0.286 e. The molecular formula is C20H19FN4O2S. The first kappa shape index (κ1) is 19.6. The van der Waals surface area contributed by atoms with Gasteiger partial charge in [-0.1, -0.05) is 29.5 Å². The highest BCUT2D eigenvalue weighted by molar-refractivity contribution is 7.13. The molecule has 0 aliphatic rings. The molecule has 1 aromatic heterocycles. The predicted octanol–water partition coefficient (Wildman–Crippen LogP) is 4.12. The fourth-order valence-corrected chi connectivity index (χ4v) is 3.25. The molecule has 28 heavy (non-hydrogen) atoms. The van der Waals surface area contributed by atoms with Gasteiger partial charge in [-0.05, 0) is 49.2 Å². The minimum Gasteiger partial charge on any atom is -0.326 e. The van der Waals surface area contributed by atoms with Gasteiger partial charge in [0.05, 0.1) is 0 Å². The second kappa shape index (κ2) is 8.71. The third-order valence-corrected chi connectivity index (χ3v) is 4.96. The zero-order valence-corrected chi connectivity index (χ0v) is 16.3. The van der Waals surface area contributed by atoms with Gasteiger partial charge in [0.1, 0.15) is 10.8 Å². The van der Waals surface area contributed by atoms with Crippen molar-refractivity contribution in [3.63, 3.8) is 0 Å². The Hall–Kier alpha value is -3.13. The van der Waals surface area contributed by atoms with E-state index >= 15 is 0 Å². The summed E-state index contributed by atoms with van der Waals surface area (Å²) in [6, 6.07) is 11.7. The number of halogens is 1. The van der Waals surface area contributed by atoms with Gasteiger partial charge < -0.3 is 10.6 Å². The number of rotatable bonds is 6. The Kier molecular flexibility index (Phi) is 6.10. The second-order valence-electron chi connectivity index (χ2n) is 6.33. The Morgan fingerprint density at radius 2 is 1.89 bits per heavy atom. The highest BCUT2D eigenvalue weighted by atomic mass is 32.1. The smallest absolute Gasteiger partial charge is 0.286 e. The van der Waals surface area contributed by atoms with E-state index in [1.54, 1.807) is 19.1 Å². The summed E-state index contributed by atoms with van der Waals surface area (Å²) in [5.41, 5.74) is 2.95. The fourth-order valence-electron chi connectivity index (χ4n) is 2.52. The van der Waals surface area contributed by atoms with Crippen molar-refractivity contribution in [1.29, 1.82) is 0 Å². The summed E-state index contributed by atoms with van der Waals surface area (Å²) < 4.78 is 13.3. The van der Waals surface area contributed by atoms with Crippen molar-refractivity contribution in [1.82, 2.24) is 10.2 Å². The van der Waals surface area contributed by atoms with Crippen molar-refractivity contribution in [3.05, 3.63) is 69.4 Å². The summed E-state index contributed by atoms with van der Waals surface area (Å²) in [6.07, 6.45) is 0.500. The van der Waals surface area contributed by atoms with Crippen molar-refractivity contribution < 1.29 is 14.0 Å². The molecule has 0 atom stereocenters. The topological polar surface area (TPSA) is 84.0 Å². The Labute approximate surface area is 165 Å². The summed E-state index contributed by atoms with van der Waals surface area (Å²) in [5.74, 6) is -1.00. The highest BCUT2D eigenvalue weighted by Gasteiger charge is 2.14. The van der Waals surface area contributed by atoms with E-state index in [2.05, 4.69) is 20.8 Å². The van der Waals surface area contributed by atoms with E-state index < -0.39 is 5.82 Å². The van der Waals surface area contributed by atoms with Crippen LogP contribution in [0.3, 0.4) is 0 Å². The third-order valence-electron chi connectivity index (χ3n) is 3.98. The van der Waals surface area contributed by atoms with E-state index in [0.29, 0.717) is 22.8 Å². The molecule has 2 N–H and O–H groups in total. The number of aromatic nitrogens is 2. The van der Waals surface area contributed by atoms with E-state index in [-0.39, 0.29) is 23.2 Å². The van der Waals surface area contributed by atoms with E-state index in [1.165, 1.54) is 12.1 Å². The van der Waals surface area contributed by atoms with Crippen LogP contribution in [0.1, 0.15) is 32.4 Å². The number of hydrogen-bond donors (Lipinski definition) is 2. The minimum atomic E-state index is -0.408. The first-order valence-corrected chi connectivity index (χ1v) is 9.49. The number of carbonyl (C=O) groups is 2. The molecule has 0 saturated heterocycles. The first-order valence-electron chi connectivity index (χ1n) is 8.67. The van der Waals surface area contributed by atoms with Crippen LogP contribution in [-0.4, -0.2) is 22.0 Å². The number of hydrogen-bond acceptors (Lipinski definition) is 5. The summed E-state index contributed by atoms with van der Waals surface area (Å²) in [7, 11) is 0. The van der Waals surface area contributed by atoms with Gasteiger partial charge >= 0.3 is 0 Å². The standard InChI is InChI=1S/C20H19FN4O2S/c1-12-4-3-5-15(10-12)22-19(27)20-25-24-18(28-20)9-8-17(26)23-16-11-14(21)7-6-13(16)2/h3-7,10-11H,8-9H2,1-2H3,(H,22,27)(H,23,26). The molecule has 0 spiro atoms. The number of carbonyl (C=O) groups excluding carboxylic acids is 2. The van der Waals surface area contributed by atoms with Gasteiger partial charge in [0.15, 0.2) is 0 Å². The quantitative estimate of drug-likeness (QED) is 0.654. The second-order valence-corrected chi connectivity index (χ2v) is 7.39. The van der Waals surface area contributed by atoms with Crippen LogP contribution in [-0.2, 0) is 11.2 Å². The van der Waals surface area contributed by atoms with E-state index in [9.17, 15) is 14.0 Å². The molecule has 0 unspecified atom stereocenters. The highest BCUT2D eigenvalue weighted by Crippen LogP contribution is 2.18. The molecule has 2 aromatic carbocycles. The number of benzene rings is 2. The lowest BCUT2D eigenvalue weighted by atomic mass is 10.2. The Morgan fingerprint density at radius 3 is 2.68 bits per heavy atom. The van der Waals surface area contributed by atoms with Crippen LogP contribution in [0, 0.1) is 19.7 Å². The van der Waals surface area contributed by atoms with Crippen molar-refractivity contribution >= 4 is 34.5 Å². The van der Waals surface area contributed by atoms with Crippen LogP contribution in [0.5, 0.6) is 0 Å². The lowest BCUT2D eigenvalue weighted by Crippen LogP contribution is -2.13. The third kappa shape index (κ3) is 5.20. The molecule has 8 heteroatoms. The molecule has 6 nitrogen and oxygen atoms in total. The molecule has 0 aliphatic heterocycles. The Bertz CT molecular complexity index is 1020. The van der Waals surface area contributed by atoms with Gasteiger partial charge in [-0.25, -0.2) is 4.39 Å². The summed E-state index contributed by atoms with van der Waals surface area (Å²) in [6.45, 7) is 3.73. The largest absolute Gasteiger partial charge is 0.326 e.